The Hall–Kier alpha value is -1.43. The van der Waals surface area contributed by atoms with Crippen LogP contribution in [-0.2, 0) is 4.79 Å². The highest BCUT2D eigenvalue weighted by atomic mass is 16.3. The molecule has 0 aromatic carbocycles. The molecule has 4 N–H and O–H groups in total. The zero-order valence-electron chi connectivity index (χ0n) is 27.6. The van der Waals surface area contributed by atoms with Crippen LogP contribution in [0.4, 0.5) is 0 Å². The average Bonchev–Trinajstić information content (AvgIpc) is 2.99. The predicted octanol–water partition coefficient (Wildman–Crippen LogP) is 9.26. The second-order valence-corrected chi connectivity index (χ2v) is 12.0. The van der Waals surface area contributed by atoms with Gasteiger partial charge in [-0.2, -0.15) is 0 Å². The summed E-state index contributed by atoms with van der Waals surface area (Å²) in [6.45, 7) is 4.10. The van der Waals surface area contributed by atoms with Crippen LogP contribution in [0.2, 0.25) is 0 Å². The third kappa shape index (κ3) is 27.4. The van der Waals surface area contributed by atoms with E-state index in [1.807, 2.05) is 0 Å². The van der Waals surface area contributed by atoms with Gasteiger partial charge in [0.1, 0.15) is 6.10 Å². The molecule has 1 amide bonds. The summed E-state index contributed by atoms with van der Waals surface area (Å²) in [5.74, 6) is -0.172. The summed E-state index contributed by atoms with van der Waals surface area (Å²) in [7, 11) is 0. The van der Waals surface area contributed by atoms with E-state index in [1.165, 1.54) is 89.9 Å². The lowest BCUT2D eigenvalue weighted by atomic mass is 10.0. The molecule has 3 atom stereocenters. The quantitative estimate of drug-likeness (QED) is 0.0478. The van der Waals surface area contributed by atoms with Crippen molar-refractivity contribution in [3.8, 4) is 0 Å². The third-order valence-corrected chi connectivity index (χ3v) is 7.94. The number of rotatable bonds is 31. The van der Waals surface area contributed by atoms with Crippen molar-refractivity contribution in [3.63, 3.8) is 0 Å². The summed E-state index contributed by atoms with van der Waals surface area (Å²) >= 11 is 0. The van der Waals surface area contributed by atoms with E-state index in [1.54, 1.807) is 0 Å². The van der Waals surface area contributed by atoms with Crippen molar-refractivity contribution in [2.24, 2.45) is 0 Å². The van der Waals surface area contributed by atoms with E-state index < -0.39 is 18.2 Å². The minimum Gasteiger partial charge on any atom is -0.394 e. The van der Waals surface area contributed by atoms with Gasteiger partial charge in [0.15, 0.2) is 0 Å². The zero-order chi connectivity index (χ0) is 30.9. The van der Waals surface area contributed by atoms with Gasteiger partial charge in [-0.05, 0) is 77.0 Å². The van der Waals surface area contributed by atoms with Gasteiger partial charge in [0.05, 0.1) is 18.8 Å². The van der Waals surface area contributed by atoms with E-state index in [0.717, 1.165) is 51.4 Å². The number of allylic oxidation sites excluding steroid dienone is 6. The van der Waals surface area contributed by atoms with Gasteiger partial charge in [0, 0.05) is 6.42 Å². The van der Waals surface area contributed by atoms with Crippen LogP contribution in [0, 0.1) is 0 Å². The van der Waals surface area contributed by atoms with Crippen LogP contribution < -0.4 is 5.32 Å². The van der Waals surface area contributed by atoms with Crippen molar-refractivity contribution in [2.75, 3.05) is 6.61 Å². The fourth-order valence-corrected chi connectivity index (χ4v) is 5.11. The molecule has 0 aliphatic carbocycles. The average molecular weight is 592 g/mol. The van der Waals surface area contributed by atoms with Crippen molar-refractivity contribution >= 4 is 5.91 Å². The molecule has 0 bridgehead atoms. The van der Waals surface area contributed by atoms with Crippen molar-refractivity contribution < 1.29 is 20.1 Å². The molecule has 0 saturated carbocycles. The Morgan fingerprint density at radius 3 is 1.50 bits per heavy atom. The number of carbonyl (C=O) groups is 1. The van der Waals surface area contributed by atoms with Gasteiger partial charge in [0.2, 0.25) is 5.91 Å². The predicted molar refractivity (Wildman–Crippen MR) is 181 cm³/mol. The van der Waals surface area contributed by atoms with Crippen LogP contribution in [0.25, 0.3) is 0 Å². The number of hydrogen-bond donors (Lipinski definition) is 4. The monoisotopic (exact) mass is 592 g/mol. The Morgan fingerprint density at radius 2 is 0.976 bits per heavy atom. The van der Waals surface area contributed by atoms with Gasteiger partial charge in [-0.3, -0.25) is 4.79 Å². The molecule has 0 heterocycles. The summed E-state index contributed by atoms with van der Waals surface area (Å²) in [4.78, 5) is 12.3. The maximum absolute atomic E-state index is 12.3. The van der Waals surface area contributed by atoms with Crippen LogP contribution in [-0.4, -0.2) is 46.1 Å². The number of unbranched alkanes of at least 4 members (excludes halogenated alkanes) is 17. The number of nitrogens with one attached hydrogen (secondary N) is 1. The van der Waals surface area contributed by atoms with Crippen LogP contribution in [0.15, 0.2) is 36.5 Å². The maximum Gasteiger partial charge on any atom is 0.220 e. The lowest BCUT2D eigenvalue weighted by Gasteiger charge is -2.26. The number of aliphatic hydroxyl groups is 3. The molecule has 0 saturated heterocycles. The minimum atomic E-state index is -1.17. The van der Waals surface area contributed by atoms with Gasteiger partial charge >= 0.3 is 0 Å². The standard InChI is InChI=1S/C37H69NO4/c1-3-5-7-9-11-13-15-17-18-19-20-21-23-25-27-29-31-35(40)37(42)34(33-39)38-36(41)32-30-28-26-24-22-16-14-12-10-8-6-4-2/h12,14,18-19,23,25,34-35,37,39-40,42H,3-11,13,15-17,20-22,24,26-33H2,1-2H3,(H,38,41)/b14-12-,19-18+,25-23+. The molecule has 0 aliphatic heterocycles. The van der Waals surface area contributed by atoms with E-state index in [-0.39, 0.29) is 12.5 Å². The molecule has 42 heavy (non-hydrogen) atoms. The summed E-state index contributed by atoms with van der Waals surface area (Å²) in [6, 6.07) is -0.833. The van der Waals surface area contributed by atoms with Crippen molar-refractivity contribution in [3.05, 3.63) is 36.5 Å². The van der Waals surface area contributed by atoms with Gasteiger partial charge in [-0.25, -0.2) is 0 Å². The van der Waals surface area contributed by atoms with Crippen LogP contribution in [0.3, 0.4) is 0 Å². The fourth-order valence-electron chi connectivity index (χ4n) is 5.11. The number of hydrogen-bond acceptors (Lipinski definition) is 4. The summed E-state index contributed by atoms with van der Waals surface area (Å²) in [5, 5.41) is 33.2. The van der Waals surface area contributed by atoms with E-state index in [0.29, 0.717) is 12.8 Å². The molecule has 5 heteroatoms. The summed E-state index contributed by atoms with van der Waals surface area (Å²) in [6.07, 6.45) is 38.0. The lowest BCUT2D eigenvalue weighted by Crippen LogP contribution is -2.50. The van der Waals surface area contributed by atoms with Crippen LogP contribution in [0.1, 0.15) is 168 Å². The van der Waals surface area contributed by atoms with Gasteiger partial charge in [0.25, 0.3) is 0 Å². The fraction of sp³-hybridized carbons (Fsp3) is 0.811. The lowest BCUT2D eigenvalue weighted by molar-refractivity contribution is -0.124. The van der Waals surface area contributed by atoms with Crippen molar-refractivity contribution in [2.45, 2.75) is 186 Å². The van der Waals surface area contributed by atoms with Gasteiger partial charge in [-0.15, -0.1) is 0 Å². The van der Waals surface area contributed by atoms with Gasteiger partial charge < -0.3 is 20.6 Å². The number of carbonyl (C=O) groups excluding carboxylic acids is 1. The van der Waals surface area contributed by atoms with E-state index in [9.17, 15) is 20.1 Å². The normalized spacial score (nSPS) is 14.3. The highest BCUT2D eigenvalue weighted by Crippen LogP contribution is 2.12. The first-order valence-corrected chi connectivity index (χ1v) is 17.8. The SMILES string of the molecule is CCCCC/C=C\CCCCCCCC(=O)NC(CO)C(O)C(O)CCC/C=C/CC/C=C/CCCCCCCCC. The largest absolute Gasteiger partial charge is 0.394 e. The first-order chi connectivity index (χ1) is 20.6. The topological polar surface area (TPSA) is 89.8 Å². The highest BCUT2D eigenvalue weighted by Gasteiger charge is 2.26. The van der Waals surface area contributed by atoms with Crippen molar-refractivity contribution in [1.82, 2.24) is 5.32 Å². The molecule has 0 aliphatic rings. The first kappa shape index (κ1) is 40.6. The van der Waals surface area contributed by atoms with E-state index >= 15 is 0 Å². The van der Waals surface area contributed by atoms with Crippen molar-refractivity contribution in [1.29, 1.82) is 0 Å². The number of aliphatic hydroxyl groups excluding tert-OH is 3. The second-order valence-electron chi connectivity index (χ2n) is 12.0. The Bertz CT molecular complexity index is 660. The molecule has 5 nitrogen and oxygen atoms in total. The van der Waals surface area contributed by atoms with Gasteiger partial charge in [-0.1, -0.05) is 121 Å². The molecule has 0 radical (unpaired) electrons. The molecule has 0 aromatic heterocycles. The Labute approximate surface area is 260 Å². The van der Waals surface area contributed by atoms with Crippen LogP contribution >= 0.6 is 0 Å². The first-order valence-electron chi connectivity index (χ1n) is 17.8. The smallest absolute Gasteiger partial charge is 0.220 e. The van der Waals surface area contributed by atoms with Crippen LogP contribution in [0.5, 0.6) is 0 Å². The molecule has 3 unspecified atom stereocenters. The molecular formula is C37H69NO4. The highest BCUT2D eigenvalue weighted by molar-refractivity contribution is 5.76. The molecule has 0 rings (SSSR count). The molecule has 0 aromatic rings. The molecule has 0 spiro atoms. The Balaban J connectivity index is 3.81. The zero-order valence-corrected chi connectivity index (χ0v) is 27.6. The van der Waals surface area contributed by atoms with E-state index in [2.05, 4.69) is 55.6 Å². The number of amides is 1. The molecule has 0 fully saturated rings. The summed E-state index contributed by atoms with van der Waals surface area (Å²) in [5.41, 5.74) is 0. The second kappa shape index (κ2) is 32.5. The maximum atomic E-state index is 12.3. The minimum absolute atomic E-state index is 0.172. The third-order valence-electron chi connectivity index (χ3n) is 7.94. The Kier molecular flexibility index (Phi) is 31.4. The molecule has 246 valence electrons. The molecular weight excluding hydrogens is 522 g/mol. The Morgan fingerprint density at radius 1 is 0.571 bits per heavy atom. The summed E-state index contributed by atoms with van der Waals surface area (Å²) < 4.78 is 0. The van der Waals surface area contributed by atoms with E-state index in [4.69, 9.17) is 0 Å².